The van der Waals surface area contributed by atoms with Gasteiger partial charge in [0.15, 0.2) is 0 Å². The molecular formula is C19H22N2O3. The fourth-order valence-electron chi connectivity index (χ4n) is 2.08. The number of aryl methyl sites for hydroxylation is 1. The Bertz CT molecular complexity index is 654. The summed E-state index contributed by atoms with van der Waals surface area (Å²) >= 11 is 0. The van der Waals surface area contributed by atoms with Gasteiger partial charge in [-0.25, -0.2) is 0 Å². The molecule has 0 bridgehead atoms. The van der Waals surface area contributed by atoms with Crippen molar-refractivity contribution in [2.24, 2.45) is 0 Å². The minimum atomic E-state index is -0.245. The van der Waals surface area contributed by atoms with Gasteiger partial charge in [0.2, 0.25) is 11.8 Å². The molecule has 0 radical (unpaired) electrons. The summed E-state index contributed by atoms with van der Waals surface area (Å²) in [6, 6.07) is 17.1. The van der Waals surface area contributed by atoms with Crippen LogP contribution in [0, 0.1) is 6.92 Å². The van der Waals surface area contributed by atoms with Crippen LogP contribution < -0.4 is 15.6 Å². The predicted octanol–water partition coefficient (Wildman–Crippen LogP) is 2.54. The Hall–Kier alpha value is -2.82. The van der Waals surface area contributed by atoms with Crippen molar-refractivity contribution in [3.63, 3.8) is 0 Å². The lowest BCUT2D eigenvalue weighted by atomic mass is 10.1. The summed E-state index contributed by atoms with van der Waals surface area (Å²) in [5.74, 6) is 0.312. The average Bonchev–Trinajstić information content (AvgIpc) is 2.59. The molecule has 0 saturated heterocycles. The SMILES string of the molecule is Cc1ccc(OCCCC(=O)NNC(=O)Cc2ccccc2)cc1. The van der Waals surface area contributed by atoms with Crippen LogP contribution in [0.25, 0.3) is 0 Å². The fourth-order valence-corrected chi connectivity index (χ4v) is 2.08. The van der Waals surface area contributed by atoms with Crippen molar-refractivity contribution in [3.05, 3.63) is 65.7 Å². The number of nitrogens with one attached hydrogen (secondary N) is 2. The average molecular weight is 326 g/mol. The summed E-state index contributed by atoms with van der Waals surface area (Å²) in [5, 5.41) is 0. The summed E-state index contributed by atoms with van der Waals surface area (Å²) in [5.41, 5.74) is 6.90. The normalized spacial score (nSPS) is 10.0. The van der Waals surface area contributed by atoms with Gasteiger partial charge in [-0.15, -0.1) is 0 Å². The number of hydrogen-bond donors (Lipinski definition) is 2. The van der Waals surface area contributed by atoms with Crippen molar-refractivity contribution < 1.29 is 14.3 Å². The van der Waals surface area contributed by atoms with Gasteiger partial charge in [-0.2, -0.15) is 0 Å². The Morgan fingerprint density at radius 2 is 1.58 bits per heavy atom. The minimum absolute atomic E-state index is 0.232. The predicted molar refractivity (Wildman–Crippen MR) is 92.3 cm³/mol. The van der Waals surface area contributed by atoms with Gasteiger partial charge in [-0.3, -0.25) is 20.4 Å². The Labute approximate surface area is 142 Å². The largest absolute Gasteiger partial charge is 0.494 e. The molecule has 24 heavy (non-hydrogen) atoms. The first-order valence-electron chi connectivity index (χ1n) is 7.94. The Morgan fingerprint density at radius 1 is 0.917 bits per heavy atom. The lowest BCUT2D eigenvalue weighted by Crippen LogP contribution is -2.42. The van der Waals surface area contributed by atoms with Crippen LogP contribution in [0.3, 0.4) is 0 Å². The van der Waals surface area contributed by atoms with E-state index in [0.717, 1.165) is 11.3 Å². The molecule has 5 nitrogen and oxygen atoms in total. The Morgan fingerprint density at radius 3 is 2.29 bits per heavy atom. The van der Waals surface area contributed by atoms with Crippen LogP contribution >= 0.6 is 0 Å². The number of amides is 2. The molecule has 0 aliphatic rings. The number of rotatable bonds is 7. The molecule has 2 aromatic rings. The highest BCUT2D eigenvalue weighted by Gasteiger charge is 2.05. The first-order chi connectivity index (χ1) is 11.6. The van der Waals surface area contributed by atoms with E-state index in [1.54, 1.807) is 0 Å². The molecule has 0 aromatic heterocycles. The van der Waals surface area contributed by atoms with Gasteiger partial charge in [0.1, 0.15) is 5.75 Å². The first-order valence-corrected chi connectivity index (χ1v) is 7.94. The van der Waals surface area contributed by atoms with Crippen LogP contribution in [0.2, 0.25) is 0 Å². The molecule has 2 aromatic carbocycles. The van der Waals surface area contributed by atoms with Crippen LogP contribution in [0.5, 0.6) is 5.75 Å². The van der Waals surface area contributed by atoms with E-state index >= 15 is 0 Å². The van der Waals surface area contributed by atoms with Crippen LogP contribution in [0.15, 0.2) is 54.6 Å². The zero-order valence-electron chi connectivity index (χ0n) is 13.7. The maximum atomic E-state index is 11.7. The van der Waals surface area contributed by atoms with Gasteiger partial charge in [-0.1, -0.05) is 48.0 Å². The zero-order valence-corrected chi connectivity index (χ0v) is 13.7. The monoisotopic (exact) mass is 326 g/mol. The molecule has 0 saturated carbocycles. The van der Waals surface area contributed by atoms with E-state index < -0.39 is 0 Å². The first kappa shape index (κ1) is 17.5. The van der Waals surface area contributed by atoms with Crippen molar-refractivity contribution in [1.29, 1.82) is 0 Å². The van der Waals surface area contributed by atoms with Gasteiger partial charge >= 0.3 is 0 Å². The molecule has 5 heteroatoms. The molecule has 2 rings (SSSR count). The zero-order chi connectivity index (χ0) is 17.2. The molecule has 126 valence electrons. The third-order valence-electron chi connectivity index (χ3n) is 3.39. The molecule has 0 aliphatic carbocycles. The number of carbonyl (C=O) groups is 2. The molecule has 0 spiro atoms. The van der Waals surface area contributed by atoms with E-state index in [1.807, 2.05) is 61.5 Å². The molecule has 0 aliphatic heterocycles. The molecule has 0 atom stereocenters. The summed E-state index contributed by atoms with van der Waals surface area (Å²) in [6.45, 7) is 2.47. The van der Waals surface area contributed by atoms with Crippen molar-refractivity contribution >= 4 is 11.8 Å². The van der Waals surface area contributed by atoms with Gasteiger partial charge < -0.3 is 4.74 Å². The maximum Gasteiger partial charge on any atom is 0.242 e. The van der Waals surface area contributed by atoms with Crippen LogP contribution in [-0.2, 0) is 16.0 Å². The van der Waals surface area contributed by atoms with Crippen LogP contribution in [0.1, 0.15) is 24.0 Å². The van der Waals surface area contributed by atoms with E-state index in [2.05, 4.69) is 10.9 Å². The van der Waals surface area contributed by atoms with E-state index in [-0.39, 0.29) is 24.7 Å². The van der Waals surface area contributed by atoms with Crippen molar-refractivity contribution in [2.45, 2.75) is 26.2 Å². The quantitative estimate of drug-likeness (QED) is 0.607. The highest BCUT2D eigenvalue weighted by atomic mass is 16.5. The van der Waals surface area contributed by atoms with E-state index in [1.165, 1.54) is 5.56 Å². The molecule has 2 amide bonds. The van der Waals surface area contributed by atoms with Crippen molar-refractivity contribution in [1.82, 2.24) is 10.9 Å². The summed E-state index contributed by atoms with van der Waals surface area (Å²) in [6.07, 6.45) is 1.10. The van der Waals surface area contributed by atoms with E-state index in [4.69, 9.17) is 4.74 Å². The molecule has 0 unspecified atom stereocenters. The fraction of sp³-hybridized carbons (Fsp3) is 0.263. The minimum Gasteiger partial charge on any atom is -0.494 e. The Balaban J connectivity index is 1.58. The molecule has 0 heterocycles. The lowest BCUT2D eigenvalue weighted by molar-refractivity contribution is -0.128. The number of benzene rings is 2. The molecular weight excluding hydrogens is 304 g/mol. The second kappa shape index (κ2) is 9.35. The highest BCUT2D eigenvalue weighted by molar-refractivity contribution is 5.83. The van der Waals surface area contributed by atoms with E-state index in [0.29, 0.717) is 13.0 Å². The smallest absolute Gasteiger partial charge is 0.242 e. The van der Waals surface area contributed by atoms with Gasteiger partial charge in [0.25, 0.3) is 0 Å². The standard InChI is InChI=1S/C19H22N2O3/c1-15-9-11-17(12-10-15)24-13-5-8-18(22)20-21-19(23)14-16-6-3-2-4-7-16/h2-4,6-7,9-12H,5,8,13-14H2,1H3,(H,20,22)(H,21,23). The van der Waals surface area contributed by atoms with Crippen LogP contribution in [-0.4, -0.2) is 18.4 Å². The Kier molecular flexibility index (Phi) is 6.83. The van der Waals surface area contributed by atoms with Crippen molar-refractivity contribution in [2.75, 3.05) is 6.61 Å². The number of hydrazine groups is 1. The van der Waals surface area contributed by atoms with Crippen molar-refractivity contribution in [3.8, 4) is 5.75 Å². The third kappa shape index (κ3) is 6.52. The summed E-state index contributed by atoms with van der Waals surface area (Å²) in [7, 11) is 0. The second-order valence-corrected chi connectivity index (χ2v) is 5.52. The maximum absolute atomic E-state index is 11.7. The highest BCUT2D eigenvalue weighted by Crippen LogP contribution is 2.11. The third-order valence-corrected chi connectivity index (χ3v) is 3.39. The summed E-state index contributed by atoms with van der Waals surface area (Å²) < 4.78 is 5.55. The van der Waals surface area contributed by atoms with Gasteiger partial charge in [-0.05, 0) is 31.0 Å². The van der Waals surface area contributed by atoms with Gasteiger partial charge in [0, 0.05) is 6.42 Å². The van der Waals surface area contributed by atoms with E-state index in [9.17, 15) is 9.59 Å². The van der Waals surface area contributed by atoms with Crippen LogP contribution in [0.4, 0.5) is 0 Å². The molecule has 2 N–H and O–H groups in total. The number of ether oxygens (including phenoxy) is 1. The number of carbonyl (C=O) groups excluding carboxylic acids is 2. The topological polar surface area (TPSA) is 67.4 Å². The number of hydrogen-bond acceptors (Lipinski definition) is 3. The lowest BCUT2D eigenvalue weighted by Gasteiger charge is -2.08. The summed E-state index contributed by atoms with van der Waals surface area (Å²) in [4.78, 5) is 23.4. The van der Waals surface area contributed by atoms with Gasteiger partial charge in [0.05, 0.1) is 13.0 Å². The molecule has 0 fully saturated rings. The second-order valence-electron chi connectivity index (χ2n) is 5.52.